The number of halogens is 3. The second-order valence-corrected chi connectivity index (χ2v) is 4.24. The van der Waals surface area contributed by atoms with Crippen molar-refractivity contribution in [1.82, 2.24) is 14.8 Å². The van der Waals surface area contributed by atoms with Crippen LogP contribution in [0.3, 0.4) is 0 Å². The quantitative estimate of drug-likeness (QED) is 0.940. The van der Waals surface area contributed by atoms with Gasteiger partial charge in [0.2, 0.25) is 0 Å². The number of rotatable bonds is 3. The largest absolute Gasteiger partial charge is 0.477 e. The molecular formula is C12H10F3N3O2. The van der Waals surface area contributed by atoms with Crippen molar-refractivity contribution in [2.24, 2.45) is 0 Å². The molecule has 2 aromatic heterocycles. The van der Waals surface area contributed by atoms with E-state index in [1.54, 1.807) is 13.0 Å². The number of aryl methyl sites for hydroxylation is 1. The van der Waals surface area contributed by atoms with Crippen LogP contribution in [0.2, 0.25) is 0 Å². The molecule has 0 saturated carbocycles. The van der Waals surface area contributed by atoms with E-state index in [0.29, 0.717) is 16.7 Å². The monoisotopic (exact) mass is 285 g/mol. The van der Waals surface area contributed by atoms with Crippen LogP contribution in [0, 0.1) is 6.92 Å². The van der Waals surface area contributed by atoms with E-state index in [4.69, 9.17) is 5.11 Å². The molecule has 0 aromatic carbocycles. The summed E-state index contributed by atoms with van der Waals surface area (Å²) in [5.41, 5.74) is 1.30. The van der Waals surface area contributed by atoms with Gasteiger partial charge in [-0.2, -0.15) is 18.3 Å². The number of carboxylic acid groups (broad SMARTS) is 1. The summed E-state index contributed by atoms with van der Waals surface area (Å²) in [6, 6.07) is 1.55. The first-order valence-electron chi connectivity index (χ1n) is 5.56. The Morgan fingerprint density at radius 3 is 2.60 bits per heavy atom. The molecule has 2 rings (SSSR count). The number of hydrogen-bond acceptors (Lipinski definition) is 3. The molecular weight excluding hydrogens is 275 g/mol. The second-order valence-electron chi connectivity index (χ2n) is 4.24. The van der Waals surface area contributed by atoms with Gasteiger partial charge in [-0.3, -0.25) is 4.68 Å². The molecule has 0 saturated heterocycles. The Morgan fingerprint density at radius 2 is 2.05 bits per heavy atom. The third-order valence-electron chi connectivity index (χ3n) is 2.59. The molecule has 5 nitrogen and oxygen atoms in total. The van der Waals surface area contributed by atoms with Crippen molar-refractivity contribution in [2.75, 3.05) is 0 Å². The Labute approximate surface area is 111 Å². The molecule has 0 radical (unpaired) electrons. The Kier molecular flexibility index (Phi) is 3.47. The fourth-order valence-electron chi connectivity index (χ4n) is 1.74. The van der Waals surface area contributed by atoms with Crippen molar-refractivity contribution in [3.63, 3.8) is 0 Å². The van der Waals surface area contributed by atoms with Crippen LogP contribution in [0.1, 0.15) is 16.1 Å². The van der Waals surface area contributed by atoms with E-state index in [1.807, 2.05) is 0 Å². The summed E-state index contributed by atoms with van der Waals surface area (Å²) >= 11 is 0. The van der Waals surface area contributed by atoms with E-state index < -0.39 is 18.7 Å². The first-order chi connectivity index (χ1) is 9.26. The Balaban J connectivity index is 2.29. The van der Waals surface area contributed by atoms with Gasteiger partial charge >= 0.3 is 12.1 Å². The number of hydrogen-bond donors (Lipinski definition) is 1. The van der Waals surface area contributed by atoms with Gasteiger partial charge in [0, 0.05) is 23.5 Å². The summed E-state index contributed by atoms with van der Waals surface area (Å²) in [5.74, 6) is -1.15. The SMILES string of the molecule is Cc1cc(-c2cnn(CC(F)(F)F)c2)cnc1C(=O)O. The number of nitrogens with zero attached hydrogens (tertiary/aromatic N) is 3. The first-order valence-corrected chi connectivity index (χ1v) is 5.56. The van der Waals surface area contributed by atoms with Crippen LogP contribution in [-0.2, 0) is 6.54 Å². The minimum atomic E-state index is -4.34. The Morgan fingerprint density at radius 1 is 1.35 bits per heavy atom. The highest BCUT2D eigenvalue weighted by Crippen LogP contribution is 2.22. The minimum Gasteiger partial charge on any atom is -0.477 e. The number of aromatic nitrogens is 3. The fourth-order valence-corrected chi connectivity index (χ4v) is 1.74. The molecule has 0 fully saturated rings. The van der Waals surface area contributed by atoms with Crippen LogP contribution in [0.15, 0.2) is 24.7 Å². The maximum absolute atomic E-state index is 12.2. The van der Waals surface area contributed by atoms with Gasteiger partial charge in [0.15, 0.2) is 5.69 Å². The molecule has 0 unspecified atom stereocenters. The standard InChI is InChI=1S/C12H10F3N3O2/c1-7-2-8(3-16-10(7)11(19)20)9-4-17-18(5-9)6-12(13,14)15/h2-5H,6H2,1H3,(H,19,20). The maximum atomic E-state index is 12.2. The Bertz CT molecular complexity index is 650. The summed E-state index contributed by atoms with van der Waals surface area (Å²) in [5, 5.41) is 12.5. The third-order valence-corrected chi connectivity index (χ3v) is 2.59. The molecule has 106 valence electrons. The normalized spacial score (nSPS) is 11.6. The van der Waals surface area contributed by atoms with E-state index in [-0.39, 0.29) is 5.69 Å². The lowest BCUT2D eigenvalue weighted by atomic mass is 10.1. The molecule has 0 spiro atoms. The lowest BCUT2D eigenvalue weighted by Gasteiger charge is -2.05. The van der Waals surface area contributed by atoms with Crippen molar-refractivity contribution >= 4 is 5.97 Å². The van der Waals surface area contributed by atoms with Gasteiger partial charge in [-0.05, 0) is 18.6 Å². The summed E-state index contributed by atoms with van der Waals surface area (Å²) in [4.78, 5) is 14.6. The predicted octanol–water partition coefficient (Wildman–Crippen LogP) is 2.51. The molecule has 20 heavy (non-hydrogen) atoms. The van der Waals surface area contributed by atoms with Gasteiger partial charge in [-0.1, -0.05) is 0 Å². The van der Waals surface area contributed by atoms with Gasteiger partial charge in [-0.25, -0.2) is 9.78 Å². The molecule has 0 amide bonds. The third kappa shape index (κ3) is 3.14. The van der Waals surface area contributed by atoms with Crippen LogP contribution in [-0.4, -0.2) is 32.0 Å². The molecule has 0 bridgehead atoms. The molecule has 0 aliphatic rings. The number of aromatic carboxylic acids is 1. The van der Waals surface area contributed by atoms with Crippen LogP contribution in [0.25, 0.3) is 11.1 Å². The van der Waals surface area contributed by atoms with Crippen molar-refractivity contribution in [2.45, 2.75) is 19.6 Å². The van der Waals surface area contributed by atoms with Crippen LogP contribution in [0.5, 0.6) is 0 Å². The zero-order valence-electron chi connectivity index (χ0n) is 10.3. The van der Waals surface area contributed by atoms with E-state index in [2.05, 4.69) is 10.1 Å². The van der Waals surface area contributed by atoms with Crippen molar-refractivity contribution in [3.05, 3.63) is 35.9 Å². The number of pyridine rings is 1. The lowest BCUT2D eigenvalue weighted by molar-refractivity contribution is -0.142. The van der Waals surface area contributed by atoms with E-state index >= 15 is 0 Å². The highest BCUT2D eigenvalue weighted by molar-refractivity contribution is 5.87. The van der Waals surface area contributed by atoms with Gasteiger partial charge in [-0.15, -0.1) is 0 Å². The average Bonchev–Trinajstić information content (AvgIpc) is 2.74. The molecule has 0 atom stereocenters. The number of alkyl halides is 3. The van der Waals surface area contributed by atoms with Gasteiger partial charge < -0.3 is 5.11 Å². The van der Waals surface area contributed by atoms with Crippen molar-refractivity contribution in [1.29, 1.82) is 0 Å². The molecule has 8 heteroatoms. The van der Waals surface area contributed by atoms with Gasteiger partial charge in [0.25, 0.3) is 0 Å². The van der Waals surface area contributed by atoms with Crippen LogP contribution < -0.4 is 0 Å². The van der Waals surface area contributed by atoms with Crippen molar-refractivity contribution < 1.29 is 23.1 Å². The first kappa shape index (κ1) is 14.0. The highest BCUT2D eigenvalue weighted by atomic mass is 19.4. The zero-order valence-corrected chi connectivity index (χ0v) is 10.3. The van der Waals surface area contributed by atoms with Gasteiger partial charge in [0.1, 0.15) is 6.54 Å². The summed E-state index contributed by atoms with van der Waals surface area (Å²) < 4.78 is 37.4. The Hall–Kier alpha value is -2.38. The topological polar surface area (TPSA) is 68.0 Å². The smallest absolute Gasteiger partial charge is 0.408 e. The zero-order chi connectivity index (χ0) is 14.9. The summed E-state index contributed by atoms with van der Waals surface area (Å²) in [7, 11) is 0. The molecule has 0 aliphatic heterocycles. The summed E-state index contributed by atoms with van der Waals surface area (Å²) in [6.45, 7) is 0.396. The highest BCUT2D eigenvalue weighted by Gasteiger charge is 2.28. The molecule has 2 aromatic rings. The predicted molar refractivity (Wildman–Crippen MR) is 63.2 cm³/mol. The van der Waals surface area contributed by atoms with E-state index in [9.17, 15) is 18.0 Å². The molecule has 1 N–H and O–H groups in total. The molecule has 0 aliphatic carbocycles. The number of carboxylic acids is 1. The van der Waals surface area contributed by atoms with Crippen LogP contribution in [0.4, 0.5) is 13.2 Å². The second kappa shape index (κ2) is 4.95. The molecule has 2 heterocycles. The van der Waals surface area contributed by atoms with Gasteiger partial charge in [0.05, 0.1) is 6.20 Å². The maximum Gasteiger partial charge on any atom is 0.408 e. The lowest BCUT2D eigenvalue weighted by Crippen LogP contribution is -2.17. The van der Waals surface area contributed by atoms with Crippen LogP contribution >= 0.6 is 0 Å². The van der Waals surface area contributed by atoms with E-state index in [1.165, 1.54) is 18.6 Å². The fraction of sp³-hybridized carbons (Fsp3) is 0.250. The number of carbonyl (C=O) groups is 1. The average molecular weight is 285 g/mol. The van der Waals surface area contributed by atoms with E-state index in [0.717, 1.165) is 4.68 Å². The summed E-state index contributed by atoms with van der Waals surface area (Å²) in [6.07, 6.45) is -0.525. The van der Waals surface area contributed by atoms with Crippen molar-refractivity contribution in [3.8, 4) is 11.1 Å². The minimum absolute atomic E-state index is 0.0866.